The van der Waals surface area contributed by atoms with Gasteiger partial charge in [-0.05, 0) is 19.3 Å². The Bertz CT molecular complexity index is 367. The number of amides is 3. The van der Waals surface area contributed by atoms with Gasteiger partial charge in [-0.3, -0.25) is 19.3 Å². The number of nitrogens with zero attached hydrogens (tertiary/aromatic N) is 1. The molecule has 106 valence electrons. The normalized spacial score (nSPS) is 27.7. The average molecular weight is 267 g/mol. The first kappa shape index (κ1) is 14.0. The summed E-state index contributed by atoms with van der Waals surface area (Å²) in [6.45, 7) is 0.615. The molecular formula is C13H21N3O3. The third-order valence-corrected chi connectivity index (χ3v) is 3.88. The van der Waals surface area contributed by atoms with E-state index in [0.717, 1.165) is 25.7 Å². The van der Waals surface area contributed by atoms with Gasteiger partial charge in [0.1, 0.15) is 0 Å². The second-order valence-electron chi connectivity index (χ2n) is 5.35. The van der Waals surface area contributed by atoms with Crippen LogP contribution in [-0.4, -0.2) is 41.8 Å². The van der Waals surface area contributed by atoms with E-state index < -0.39 is 0 Å². The first-order chi connectivity index (χ1) is 9.08. The van der Waals surface area contributed by atoms with Crippen molar-refractivity contribution < 1.29 is 14.4 Å². The predicted octanol–water partition coefficient (Wildman–Crippen LogP) is -0.231. The number of likely N-dealkylation sites (tertiary alicyclic amines) is 1. The minimum Gasteiger partial charge on any atom is -0.354 e. The molecule has 3 amide bonds. The lowest BCUT2D eigenvalue weighted by Gasteiger charge is -2.26. The van der Waals surface area contributed by atoms with E-state index in [4.69, 9.17) is 5.73 Å². The summed E-state index contributed by atoms with van der Waals surface area (Å²) in [4.78, 5) is 35.9. The maximum Gasteiger partial charge on any atom is 0.229 e. The molecule has 1 saturated carbocycles. The van der Waals surface area contributed by atoms with Gasteiger partial charge in [0.05, 0.1) is 0 Å². The van der Waals surface area contributed by atoms with Crippen LogP contribution in [0, 0.1) is 5.92 Å². The molecule has 0 spiro atoms. The highest BCUT2D eigenvalue weighted by molar-refractivity contribution is 6.01. The van der Waals surface area contributed by atoms with Crippen LogP contribution in [0.3, 0.4) is 0 Å². The molecule has 2 aliphatic rings. The number of rotatable bonds is 4. The molecule has 0 aromatic heterocycles. The Kier molecular flexibility index (Phi) is 4.52. The number of nitrogens with one attached hydrogen (secondary N) is 1. The molecule has 1 aliphatic heterocycles. The maximum atomic E-state index is 11.9. The summed E-state index contributed by atoms with van der Waals surface area (Å²) in [6.07, 6.45) is 4.17. The third kappa shape index (κ3) is 3.53. The molecule has 0 aromatic rings. The average Bonchev–Trinajstić information content (AvgIpc) is 2.70. The van der Waals surface area contributed by atoms with Crippen molar-refractivity contribution in [2.45, 2.75) is 44.6 Å². The van der Waals surface area contributed by atoms with Gasteiger partial charge in [-0.1, -0.05) is 6.42 Å². The van der Waals surface area contributed by atoms with Crippen molar-refractivity contribution in [3.63, 3.8) is 0 Å². The summed E-state index contributed by atoms with van der Waals surface area (Å²) in [5.74, 6) is -0.305. The molecule has 1 heterocycles. The van der Waals surface area contributed by atoms with Crippen LogP contribution in [0.5, 0.6) is 0 Å². The van der Waals surface area contributed by atoms with E-state index >= 15 is 0 Å². The lowest BCUT2D eigenvalue weighted by Crippen LogP contribution is -2.42. The van der Waals surface area contributed by atoms with Gasteiger partial charge in [-0.25, -0.2) is 0 Å². The van der Waals surface area contributed by atoms with Crippen LogP contribution in [0.2, 0.25) is 0 Å². The fraction of sp³-hybridized carbons (Fsp3) is 0.769. The van der Waals surface area contributed by atoms with Gasteiger partial charge in [-0.15, -0.1) is 0 Å². The van der Waals surface area contributed by atoms with E-state index in [-0.39, 0.29) is 36.2 Å². The lowest BCUT2D eigenvalue weighted by atomic mass is 9.85. The van der Waals surface area contributed by atoms with E-state index in [1.807, 2.05) is 0 Å². The SMILES string of the molecule is NC1CCCC(C(=O)NCCN2C(=O)CCC2=O)C1. The molecule has 6 nitrogen and oxygen atoms in total. The highest BCUT2D eigenvalue weighted by Gasteiger charge is 2.29. The minimum atomic E-state index is -0.140. The van der Waals surface area contributed by atoms with E-state index in [2.05, 4.69) is 5.32 Å². The van der Waals surface area contributed by atoms with Crippen LogP contribution in [0.1, 0.15) is 38.5 Å². The van der Waals surface area contributed by atoms with E-state index in [0.29, 0.717) is 19.4 Å². The maximum absolute atomic E-state index is 11.9. The van der Waals surface area contributed by atoms with Crippen LogP contribution in [0.25, 0.3) is 0 Å². The van der Waals surface area contributed by atoms with Crippen LogP contribution < -0.4 is 11.1 Å². The highest BCUT2D eigenvalue weighted by Crippen LogP contribution is 2.23. The van der Waals surface area contributed by atoms with Crippen molar-refractivity contribution in [2.24, 2.45) is 11.7 Å². The second kappa shape index (κ2) is 6.14. The first-order valence-corrected chi connectivity index (χ1v) is 6.94. The van der Waals surface area contributed by atoms with Gasteiger partial charge in [0.2, 0.25) is 17.7 Å². The summed E-state index contributed by atoms with van der Waals surface area (Å²) in [5, 5.41) is 2.80. The Labute approximate surface area is 112 Å². The Morgan fingerprint density at radius 1 is 1.26 bits per heavy atom. The van der Waals surface area contributed by atoms with Gasteiger partial charge >= 0.3 is 0 Å². The number of nitrogens with two attached hydrogens (primary N) is 1. The number of imide groups is 1. The number of hydrogen-bond acceptors (Lipinski definition) is 4. The standard InChI is InChI=1S/C13H21N3O3/c14-10-3-1-2-9(8-10)13(19)15-6-7-16-11(17)4-5-12(16)18/h9-10H,1-8,14H2,(H,15,19). The Morgan fingerprint density at radius 2 is 1.95 bits per heavy atom. The zero-order chi connectivity index (χ0) is 13.8. The second-order valence-corrected chi connectivity index (χ2v) is 5.35. The molecular weight excluding hydrogens is 246 g/mol. The number of carbonyl (C=O) groups is 3. The van der Waals surface area contributed by atoms with Crippen molar-refractivity contribution in [2.75, 3.05) is 13.1 Å². The van der Waals surface area contributed by atoms with Crippen LogP contribution >= 0.6 is 0 Å². The molecule has 0 bridgehead atoms. The van der Waals surface area contributed by atoms with Crippen molar-refractivity contribution in [1.29, 1.82) is 0 Å². The molecule has 0 radical (unpaired) electrons. The minimum absolute atomic E-state index is 0.00533. The quantitative estimate of drug-likeness (QED) is 0.688. The monoisotopic (exact) mass is 267 g/mol. The van der Waals surface area contributed by atoms with E-state index in [1.165, 1.54) is 4.90 Å². The molecule has 2 atom stereocenters. The Hall–Kier alpha value is -1.43. The molecule has 19 heavy (non-hydrogen) atoms. The van der Waals surface area contributed by atoms with Crippen molar-refractivity contribution >= 4 is 17.7 Å². The molecule has 0 aromatic carbocycles. The largest absolute Gasteiger partial charge is 0.354 e. The van der Waals surface area contributed by atoms with Gasteiger partial charge in [0, 0.05) is 37.9 Å². The molecule has 6 heteroatoms. The van der Waals surface area contributed by atoms with Gasteiger partial charge < -0.3 is 11.1 Å². The van der Waals surface area contributed by atoms with Gasteiger partial charge in [0.15, 0.2) is 0 Å². The van der Waals surface area contributed by atoms with Crippen molar-refractivity contribution in [3.05, 3.63) is 0 Å². The van der Waals surface area contributed by atoms with Crippen LogP contribution in [0.4, 0.5) is 0 Å². The highest BCUT2D eigenvalue weighted by atomic mass is 16.2. The Balaban J connectivity index is 1.71. The molecule has 3 N–H and O–H groups in total. The summed E-state index contributed by atoms with van der Waals surface area (Å²) in [7, 11) is 0. The zero-order valence-corrected chi connectivity index (χ0v) is 11.1. The van der Waals surface area contributed by atoms with Crippen LogP contribution in [-0.2, 0) is 14.4 Å². The van der Waals surface area contributed by atoms with E-state index in [9.17, 15) is 14.4 Å². The molecule has 1 aliphatic carbocycles. The summed E-state index contributed by atoms with van der Waals surface area (Å²) < 4.78 is 0. The Morgan fingerprint density at radius 3 is 2.58 bits per heavy atom. The van der Waals surface area contributed by atoms with Crippen molar-refractivity contribution in [3.8, 4) is 0 Å². The van der Waals surface area contributed by atoms with Gasteiger partial charge in [-0.2, -0.15) is 0 Å². The third-order valence-electron chi connectivity index (χ3n) is 3.88. The fourth-order valence-corrected chi connectivity index (χ4v) is 2.77. The topological polar surface area (TPSA) is 92.5 Å². The summed E-state index contributed by atoms with van der Waals surface area (Å²) in [6, 6.07) is 0.117. The number of carbonyl (C=O) groups excluding carboxylic acids is 3. The van der Waals surface area contributed by atoms with Crippen LogP contribution in [0.15, 0.2) is 0 Å². The summed E-state index contributed by atoms with van der Waals surface area (Å²) >= 11 is 0. The fourth-order valence-electron chi connectivity index (χ4n) is 2.77. The predicted molar refractivity (Wildman–Crippen MR) is 68.9 cm³/mol. The molecule has 2 unspecified atom stereocenters. The van der Waals surface area contributed by atoms with E-state index in [1.54, 1.807) is 0 Å². The molecule has 1 saturated heterocycles. The molecule has 2 fully saturated rings. The lowest BCUT2D eigenvalue weighted by molar-refractivity contribution is -0.138. The number of hydrogen-bond donors (Lipinski definition) is 2. The first-order valence-electron chi connectivity index (χ1n) is 6.94. The smallest absolute Gasteiger partial charge is 0.229 e. The van der Waals surface area contributed by atoms with Crippen molar-refractivity contribution in [1.82, 2.24) is 10.2 Å². The van der Waals surface area contributed by atoms with Gasteiger partial charge in [0.25, 0.3) is 0 Å². The zero-order valence-electron chi connectivity index (χ0n) is 11.1. The molecule has 2 rings (SSSR count). The summed E-state index contributed by atoms with van der Waals surface area (Å²) in [5.41, 5.74) is 5.85.